The van der Waals surface area contributed by atoms with Crippen molar-refractivity contribution in [1.29, 1.82) is 0 Å². The fourth-order valence-corrected chi connectivity index (χ4v) is 1.62. The number of halogens is 3. The number of benzene rings is 1. The molecule has 102 valence electrons. The van der Waals surface area contributed by atoms with E-state index in [-0.39, 0.29) is 17.0 Å². The van der Waals surface area contributed by atoms with E-state index >= 15 is 0 Å². The summed E-state index contributed by atoms with van der Waals surface area (Å²) in [5.41, 5.74) is 1.15. The van der Waals surface area contributed by atoms with E-state index < -0.39 is 23.9 Å². The zero-order valence-corrected chi connectivity index (χ0v) is 10.0. The molecule has 1 aromatic carbocycles. The van der Waals surface area contributed by atoms with Gasteiger partial charge in [0, 0.05) is 11.3 Å². The normalized spacial score (nSPS) is 15.3. The number of anilines is 1. The van der Waals surface area contributed by atoms with Gasteiger partial charge in [-0.15, -0.1) is 0 Å². The number of aliphatic hydroxyl groups is 2. The number of aliphatic hydroxyl groups excluding tert-OH is 2. The molecule has 0 radical (unpaired) electrons. The van der Waals surface area contributed by atoms with Crippen LogP contribution in [-0.4, -0.2) is 22.1 Å². The Morgan fingerprint density at radius 1 is 1.33 bits per heavy atom. The van der Waals surface area contributed by atoms with Crippen molar-refractivity contribution in [1.82, 2.24) is 0 Å². The predicted octanol–water partition coefficient (Wildman–Crippen LogP) is 1.32. The number of rotatable bonds is 4. The van der Waals surface area contributed by atoms with Crippen LogP contribution in [0.3, 0.4) is 0 Å². The lowest BCUT2D eigenvalue weighted by atomic mass is 10.0. The Labute approximate surface area is 107 Å². The van der Waals surface area contributed by atoms with E-state index in [0.29, 0.717) is 0 Å². The van der Waals surface area contributed by atoms with Crippen LogP contribution in [0.15, 0.2) is 18.2 Å². The topological polar surface area (TPSA) is 78.5 Å². The molecule has 2 atom stereocenters. The maximum Gasteiger partial charge on any atom is 0.416 e. The van der Waals surface area contributed by atoms with Crippen molar-refractivity contribution in [2.75, 3.05) is 11.2 Å². The molecule has 4 nitrogen and oxygen atoms in total. The van der Waals surface area contributed by atoms with E-state index in [2.05, 4.69) is 18.1 Å². The van der Waals surface area contributed by atoms with Crippen LogP contribution in [0.1, 0.15) is 17.2 Å². The third-order valence-corrected chi connectivity index (χ3v) is 2.78. The highest BCUT2D eigenvalue weighted by molar-refractivity contribution is 7.80. The number of nitrogens with one attached hydrogen (secondary N) is 1. The summed E-state index contributed by atoms with van der Waals surface area (Å²) < 4.78 is 37.4. The molecule has 2 unspecified atom stereocenters. The second-order valence-electron chi connectivity index (χ2n) is 3.64. The third-order valence-electron chi connectivity index (χ3n) is 2.41. The number of nitrogens with two attached hydrogens (primary N) is 1. The molecule has 0 aliphatic carbocycles. The van der Waals surface area contributed by atoms with Crippen molar-refractivity contribution < 1.29 is 23.4 Å². The summed E-state index contributed by atoms with van der Waals surface area (Å²) in [5, 5.41) is 19.1. The number of hydrazine groups is 1. The lowest BCUT2D eigenvalue weighted by Crippen LogP contribution is -2.22. The third kappa shape index (κ3) is 3.29. The molecule has 8 heteroatoms. The van der Waals surface area contributed by atoms with E-state index in [4.69, 9.17) is 5.84 Å². The zero-order valence-electron chi connectivity index (χ0n) is 9.15. The average Bonchev–Trinajstić information content (AvgIpc) is 2.35. The number of hydrogen-bond acceptors (Lipinski definition) is 5. The van der Waals surface area contributed by atoms with Gasteiger partial charge in [-0.05, 0) is 12.1 Å². The van der Waals surface area contributed by atoms with Gasteiger partial charge in [-0.2, -0.15) is 25.8 Å². The molecule has 0 fully saturated rings. The molecule has 0 aliphatic heterocycles. The summed E-state index contributed by atoms with van der Waals surface area (Å²) in [7, 11) is 0. The standard InChI is InChI=1S/C10H13F3N2O2S/c11-10(12,13)5-1-2-6(7(3-5)15-14)9(17)8(16)4-18/h1-3,8-9,15-18H,4,14H2. The van der Waals surface area contributed by atoms with Gasteiger partial charge in [0.2, 0.25) is 0 Å². The Morgan fingerprint density at radius 3 is 2.39 bits per heavy atom. The molecule has 0 saturated heterocycles. The monoisotopic (exact) mass is 282 g/mol. The Bertz CT molecular complexity index is 415. The van der Waals surface area contributed by atoms with Gasteiger partial charge in [0.25, 0.3) is 0 Å². The fourth-order valence-electron chi connectivity index (χ4n) is 1.42. The van der Waals surface area contributed by atoms with Crippen LogP contribution in [0.4, 0.5) is 18.9 Å². The molecule has 0 spiro atoms. The molecule has 0 aliphatic rings. The number of thiol groups is 1. The summed E-state index contributed by atoms with van der Waals surface area (Å²) in [5.74, 6) is 5.08. The van der Waals surface area contributed by atoms with Crippen LogP contribution in [-0.2, 0) is 6.18 Å². The lowest BCUT2D eigenvalue weighted by Gasteiger charge is -2.20. The fraction of sp³-hybridized carbons (Fsp3) is 0.400. The molecule has 18 heavy (non-hydrogen) atoms. The smallest absolute Gasteiger partial charge is 0.389 e. The molecular weight excluding hydrogens is 269 g/mol. The minimum Gasteiger partial charge on any atom is -0.389 e. The van der Waals surface area contributed by atoms with Crippen molar-refractivity contribution in [3.8, 4) is 0 Å². The summed E-state index contributed by atoms with van der Waals surface area (Å²) in [6, 6.07) is 2.64. The number of nitrogen functional groups attached to an aromatic ring is 1. The van der Waals surface area contributed by atoms with Gasteiger partial charge in [0.1, 0.15) is 6.10 Å². The molecular formula is C10H13F3N2O2S. The van der Waals surface area contributed by atoms with Gasteiger partial charge < -0.3 is 15.6 Å². The Hall–Kier alpha value is -0.960. The second kappa shape index (κ2) is 5.79. The summed E-state index contributed by atoms with van der Waals surface area (Å²) >= 11 is 3.79. The summed E-state index contributed by atoms with van der Waals surface area (Å²) in [6.07, 6.45) is -7.06. The minimum atomic E-state index is -4.50. The Morgan fingerprint density at radius 2 is 1.94 bits per heavy atom. The van der Waals surface area contributed by atoms with Gasteiger partial charge in [-0.25, -0.2) is 0 Å². The van der Waals surface area contributed by atoms with E-state index in [0.717, 1.165) is 18.2 Å². The van der Waals surface area contributed by atoms with Gasteiger partial charge >= 0.3 is 6.18 Å². The van der Waals surface area contributed by atoms with Crippen molar-refractivity contribution in [3.05, 3.63) is 29.3 Å². The molecule has 0 heterocycles. The van der Waals surface area contributed by atoms with Crippen molar-refractivity contribution in [2.24, 2.45) is 5.84 Å². The maximum absolute atomic E-state index is 12.5. The molecule has 1 aromatic rings. The minimum absolute atomic E-state index is 0.0355. The van der Waals surface area contributed by atoms with Crippen LogP contribution < -0.4 is 11.3 Å². The largest absolute Gasteiger partial charge is 0.416 e. The molecule has 0 bridgehead atoms. The van der Waals surface area contributed by atoms with Crippen LogP contribution in [0.25, 0.3) is 0 Å². The number of hydrogen-bond donors (Lipinski definition) is 5. The van der Waals surface area contributed by atoms with Gasteiger partial charge in [-0.1, -0.05) is 6.07 Å². The quantitative estimate of drug-likeness (QED) is 0.328. The zero-order chi connectivity index (χ0) is 13.9. The van der Waals surface area contributed by atoms with E-state index in [1.165, 1.54) is 0 Å². The highest BCUT2D eigenvalue weighted by Gasteiger charge is 2.32. The number of alkyl halides is 3. The van der Waals surface area contributed by atoms with Crippen molar-refractivity contribution in [3.63, 3.8) is 0 Å². The predicted molar refractivity (Wildman–Crippen MR) is 64.1 cm³/mol. The van der Waals surface area contributed by atoms with Gasteiger partial charge in [0.15, 0.2) is 0 Å². The molecule has 0 saturated carbocycles. The maximum atomic E-state index is 12.5. The van der Waals surface area contributed by atoms with Crippen LogP contribution in [0.5, 0.6) is 0 Å². The molecule has 0 amide bonds. The highest BCUT2D eigenvalue weighted by atomic mass is 32.1. The second-order valence-corrected chi connectivity index (χ2v) is 4.00. The first-order chi connectivity index (χ1) is 8.31. The van der Waals surface area contributed by atoms with Crippen LogP contribution in [0.2, 0.25) is 0 Å². The highest BCUT2D eigenvalue weighted by Crippen LogP contribution is 2.34. The lowest BCUT2D eigenvalue weighted by molar-refractivity contribution is -0.137. The van der Waals surface area contributed by atoms with E-state index in [1.54, 1.807) is 0 Å². The summed E-state index contributed by atoms with van der Waals surface area (Å²) in [4.78, 5) is 0. The summed E-state index contributed by atoms with van der Waals surface area (Å²) in [6.45, 7) is 0. The van der Waals surface area contributed by atoms with Gasteiger partial charge in [0.05, 0.1) is 17.4 Å². The van der Waals surface area contributed by atoms with Gasteiger partial charge in [-0.3, -0.25) is 5.84 Å². The first-order valence-corrected chi connectivity index (χ1v) is 5.59. The first kappa shape index (κ1) is 15.1. The molecule has 1 rings (SSSR count). The van der Waals surface area contributed by atoms with E-state index in [9.17, 15) is 23.4 Å². The van der Waals surface area contributed by atoms with Crippen LogP contribution in [0, 0.1) is 0 Å². The SMILES string of the molecule is NNc1cc(C(F)(F)F)ccc1C(O)C(O)CS. The van der Waals surface area contributed by atoms with E-state index in [1.807, 2.05) is 0 Å². The molecule has 5 N–H and O–H groups in total. The van der Waals surface area contributed by atoms with Crippen LogP contribution >= 0.6 is 12.6 Å². The van der Waals surface area contributed by atoms with Crippen molar-refractivity contribution in [2.45, 2.75) is 18.4 Å². The molecule has 0 aromatic heterocycles. The van der Waals surface area contributed by atoms with Crippen molar-refractivity contribution >= 4 is 18.3 Å². The average molecular weight is 282 g/mol. The Kier molecular flexibility index (Phi) is 4.85. The first-order valence-electron chi connectivity index (χ1n) is 4.96. The Balaban J connectivity index is 3.15.